The summed E-state index contributed by atoms with van der Waals surface area (Å²) >= 11 is 0. The first-order valence-electron chi connectivity index (χ1n) is 7.12. The van der Waals surface area contributed by atoms with Gasteiger partial charge in [0, 0.05) is 6.42 Å². The largest absolute Gasteiger partial charge is 0.481 e. The van der Waals surface area contributed by atoms with Crippen LogP contribution in [0.1, 0.15) is 40.5 Å². The number of primary amides is 1. The van der Waals surface area contributed by atoms with Crippen molar-refractivity contribution in [1.82, 2.24) is 10.6 Å². The van der Waals surface area contributed by atoms with Crippen molar-refractivity contribution in [1.29, 1.82) is 0 Å². The molecule has 3 amide bonds. The molecule has 5 N–H and O–H groups in total. The van der Waals surface area contributed by atoms with Gasteiger partial charge in [-0.05, 0) is 34.1 Å². The summed E-state index contributed by atoms with van der Waals surface area (Å²) in [7, 11) is 0. The lowest BCUT2D eigenvalue weighted by atomic mass is 10.1. The van der Waals surface area contributed by atoms with Crippen LogP contribution >= 0.6 is 0 Å². The Balaban J connectivity index is 4.76. The second-order valence-corrected chi connectivity index (χ2v) is 5.68. The number of hydrogen-bond acceptors (Lipinski definition) is 5. The number of nitrogens with one attached hydrogen (secondary N) is 2. The molecule has 9 heteroatoms. The van der Waals surface area contributed by atoms with Crippen LogP contribution < -0.4 is 16.4 Å². The molecule has 22 heavy (non-hydrogen) atoms. The molecular weight excluding hydrogens is 294 g/mol. The number of carbonyl (C=O) groups excluding carboxylic acids is 3. The van der Waals surface area contributed by atoms with E-state index in [0.717, 1.165) is 0 Å². The van der Waals surface area contributed by atoms with E-state index in [1.54, 1.807) is 20.8 Å². The fraction of sp³-hybridized carbons (Fsp3) is 0.692. The summed E-state index contributed by atoms with van der Waals surface area (Å²) in [5.41, 5.74) is 4.26. The number of carbonyl (C=O) groups is 4. The quantitative estimate of drug-likeness (QED) is 0.508. The summed E-state index contributed by atoms with van der Waals surface area (Å²) < 4.78 is 12.6. The lowest BCUT2D eigenvalue weighted by Crippen LogP contribution is -2.52. The zero-order valence-corrected chi connectivity index (χ0v) is 13.1. The average Bonchev–Trinajstić information content (AvgIpc) is 2.38. The summed E-state index contributed by atoms with van der Waals surface area (Å²) in [6.07, 6.45) is -1.58. The van der Waals surface area contributed by atoms with Crippen LogP contribution in [0.5, 0.6) is 0 Å². The van der Waals surface area contributed by atoms with Crippen LogP contribution in [0.3, 0.4) is 0 Å². The third kappa shape index (κ3) is 8.77. The summed E-state index contributed by atoms with van der Waals surface area (Å²) in [5, 5.41) is 11.1. The number of nitrogens with two attached hydrogens (primary N) is 1. The van der Waals surface area contributed by atoms with E-state index in [2.05, 4.69) is 5.32 Å². The molecule has 2 atom stereocenters. The molecule has 0 spiro atoms. The van der Waals surface area contributed by atoms with E-state index in [9.17, 15) is 19.2 Å². The van der Waals surface area contributed by atoms with Crippen LogP contribution in [-0.4, -0.2) is 46.7 Å². The Kier molecular flexibility index (Phi) is 6.61. The maximum absolute atomic E-state index is 12.0. The average molecular weight is 318 g/mol. The number of carboxylic acids is 1. The molecule has 9 nitrogen and oxygen atoms in total. The first-order valence-corrected chi connectivity index (χ1v) is 6.67. The number of hydrogen-bond donors (Lipinski definition) is 4. The minimum atomic E-state index is -1.25. The number of alkyl carbamates (subject to hydrolysis) is 1. The first kappa shape index (κ1) is 17.7. The highest BCUT2D eigenvalue weighted by Gasteiger charge is 2.25. The van der Waals surface area contributed by atoms with Crippen LogP contribution in [0.4, 0.5) is 4.79 Å². The van der Waals surface area contributed by atoms with Gasteiger partial charge in [-0.3, -0.25) is 14.4 Å². The maximum atomic E-state index is 12.0. The monoisotopic (exact) mass is 318 g/mol. The minimum absolute atomic E-state index is 0.187. The molecule has 0 radical (unpaired) electrons. The normalized spacial score (nSPS) is 14.3. The second kappa shape index (κ2) is 8.20. The summed E-state index contributed by atoms with van der Waals surface area (Å²) in [4.78, 5) is 45.4. The Morgan fingerprint density at radius 2 is 1.86 bits per heavy atom. The van der Waals surface area contributed by atoms with E-state index in [1.807, 2.05) is 0 Å². The molecule has 0 aliphatic carbocycles. The smallest absolute Gasteiger partial charge is 0.408 e. The highest BCUT2D eigenvalue weighted by atomic mass is 16.6. The number of carboxylic acid groups (broad SMARTS) is 1. The standard InChI is InChI=1S/C13H23N3O6/c1-7(15-12(21)22-13(2,3)4)11(20)16-8(10(14)19)5-6-9(17)18/h7-8H,5-6H2,1-4H3,(H2,14,19)(H,15,21)(H,16,20)(H,17,18)/t7-,8-/m0/s1/i/hD. The van der Waals surface area contributed by atoms with Crippen molar-refractivity contribution in [3.8, 4) is 0 Å². The Labute approximate surface area is 130 Å². The van der Waals surface area contributed by atoms with Gasteiger partial charge in [-0.1, -0.05) is 0 Å². The summed E-state index contributed by atoms with van der Waals surface area (Å²) in [6, 6.07) is -2.45. The lowest BCUT2D eigenvalue weighted by Gasteiger charge is -2.22. The lowest BCUT2D eigenvalue weighted by molar-refractivity contribution is -0.137. The Morgan fingerprint density at radius 3 is 2.27 bits per heavy atom. The predicted octanol–water partition coefficient (Wildman–Crippen LogP) is -0.265. The van der Waals surface area contributed by atoms with Crippen molar-refractivity contribution in [3.05, 3.63) is 0 Å². The predicted molar refractivity (Wildman–Crippen MR) is 76.8 cm³/mol. The van der Waals surface area contributed by atoms with Crippen molar-refractivity contribution in [2.24, 2.45) is 5.73 Å². The van der Waals surface area contributed by atoms with E-state index in [4.69, 9.17) is 17.0 Å². The molecule has 0 aromatic rings. The molecule has 0 rings (SSSR count). The highest BCUT2D eigenvalue weighted by Crippen LogP contribution is 2.06. The van der Waals surface area contributed by atoms with Gasteiger partial charge in [-0.25, -0.2) is 4.79 Å². The number of aliphatic carboxylic acids is 1. The molecule has 126 valence electrons. The van der Waals surface area contributed by atoms with E-state index in [-0.39, 0.29) is 12.8 Å². The zero-order valence-electron chi connectivity index (χ0n) is 14.1. The van der Waals surface area contributed by atoms with E-state index in [1.165, 1.54) is 6.92 Å². The summed E-state index contributed by atoms with van der Waals surface area (Å²) in [6.45, 7) is 6.09. The number of amides is 3. The number of ether oxygens (including phenoxy) is 1. The van der Waals surface area contributed by atoms with Crippen molar-refractivity contribution in [3.63, 3.8) is 0 Å². The van der Waals surface area contributed by atoms with Gasteiger partial charge in [0.2, 0.25) is 11.8 Å². The molecule has 0 bridgehead atoms. The van der Waals surface area contributed by atoms with Crippen LogP contribution in [0.25, 0.3) is 0 Å². The molecule has 0 saturated carbocycles. The van der Waals surface area contributed by atoms with Crippen molar-refractivity contribution in [2.45, 2.75) is 58.2 Å². The van der Waals surface area contributed by atoms with E-state index < -0.39 is 41.6 Å². The molecular formula is C13H23N3O6. The van der Waals surface area contributed by atoms with Gasteiger partial charge in [0.05, 0.1) is 0 Å². The van der Waals surface area contributed by atoms with Gasteiger partial charge in [0.15, 0.2) is 1.41 Å². The molecule has 0 aromatic carbocycles. The topological polar surface area (TPSA) is 148 Å². The van der Waals surface area contributed by atoms with Crippen LogP contribution in [0.15, 0.2) is 0 Å². The molecule has 0 heterocycles. The van der Waals surface area contributed by atoms with Crippen molar-refractivity contribution in [2.75, 3.05) is 0 Å². The summed E-state index contributed by atoms with van der Waals surface area (Å²) in [5.74, 6) is -2.87. The van der Waals surface area contributed by atoms with Crippen LogP contribution in [0.2, 0.25) is 1.41 Å². The highest BCUT2D eigenvalue weighted by molar-refractivity contribution is 5.90. The third-order valence-electron chi connectivity index (χ3n) is 2.38. The van der Waals surface area contributed by atoms with Gasteiger partial charge in [0.25, 0.3) is 0 Å². The third-order valence-corrected chi connectivity index (χ3v) is 2.38. The Hall–Kier alpha value is -2.32. The Morgan fingerprint density at radius 1 is 1.32 bits per heavy atom. The van der Waals surface area contributed by atoms with Crippen LogP contribution in [0, 0.1) is 0 Å². The molecule has 0 saturated heterocycles. The molecule has 0 aliphatic heterocycles. The molecule has 0 unspecified atom stereocenters. The molecule has 0 fully saturated rings. The van der Waals surface area contributed by atoms with E-state index >= 15 is 0 Å². The van der Waals surface area contributed by atoms with Gasteiger partial charge < -0.3 is 26.2 Å². The van der Waals surface area contributed by atoms with Gasteiger partial charge in [0.1, 0.15) is 17.7 Å². The second-order valence-electron chi connectivity index (χ2n) is 5.68. The molecule has 0 aromatic heterocycles. The maximum Gasteiger partial charge on any atom is 0.408 e. The molecule has 0 aliphatic rings. The Bertz CT molecular complexity index is 477. The first-order chi connectivity index (χ1) is 10.3. The number of rotatable bonds is 7. The fourth-order valence-electron chi connectivity index (χ4n) is 1.35. The van der Waals surface area contributed by atoms with Crippen molar-refractivity contribution < 1.29 is 30.4 Å². The zero-order chi connectivity index (χ0) is 18.4. The minimum Gasteiger partial charge on any atom is -0.481 e. The van der Waals surface area contributed by atoms with Gasteiger partial charge in [-0.2, -0.15) is 0 Å². The van der Waals surface area contributed by atoms with Crippen LogP contribution in [-0.2, 0) is 19.1 Å². The van der Waals surface area contributed by atoms with Crippen molar-refractivity contribution >= 4 is 23.9 Å². The van der Waals surface area contributed by atoms with E-state index in [0.29, 0.717) is 5.31 Å². The fourth-order valence-corrected chi connectivity index (χ4v) is 1.35. The van der Waals surface area contributed by atoms with Gasteiger partial charge >= 0.3 is 12.1 Å². The van der Waals surface area contributed by atoms with Gasteiger partial charge in [-0.15, -0.1) is 0 Å². The SMILES string of the molecule is [2H]N(C(=O)OC(C)(C)C)[C@@H](C)C(=O)N[C@@H](CCC(=O)O)C(N)=O.